The predicted molar refractivity (Wildman–Crippen MR) is 158 cm³/mol. The van der Waals surface area contributed by atoms with Gasteiger partial charge in [0.05, 0.1) is 5.60 Å². The number of likely N-dealkylation sites (tertiary alicyclic amines) is 2. The lowest BCUT2D eigenvalue weighted by atomic mass is 9.72. The van der Waals surface area contributed by atoms with Crippen molar-refractivity contribution in [3.8, 4) is 11.1 Å². The summed E-state index contributed by atoms with van der Waals surface area (Å²) in [4.78, 5) is 28.5. The first-order valence-electron chi connectivity index (χ1n) is 14.6. The molecule has 2 heterocycles. The third kappa shape index (κ3) is 6.90. The molecule has 0 bridgehead atoms. The first kappa shape index (κ1) is 30.2. The number of nitrogens with two attached hydrogens (primary N) is 1. The highest BCUT2D eigenvalue weighted by Crippen LogP contribution is 2.45. The maximum absolute atomic E-state index is 13.5. The molecule has 2 unspecified atom stereocenters. The zero-order valence-corrected chi connectivity index (χ0v) is 24.2. The molecule has 0 radical (unpaired) electrons. The number of aryl methyl sites for hydroxylation is 1. The second kappa shape index (κ2) is 13.7. The Hall–Kier alpha value is -2.81. The van der Waals surface area contributed by atoms with Gasteiger partial charge in [0.2, 0.25) is 0 Å². The van der Waals surface area contributed by atoms with Gasteiger partial charge in [-0.2, -0.15) is 0 Å². The molecule has 0 aromatic heterocycles. The predicted octanol–water partition coefficient (Wildman–Crippen LogP) is 5.31. The van der Waals surface area contributed by atoms with Gasteiger partial charge in [-0.3, -0.25) is 0 Å². The number of urea groups is 1. The molecule has 8 nitrogen and oxygen atoms in total. The number of nitrogens with zero attached hydrogens (tertiary/aromatic N) is 2. The average Bonchev–Trinajstić information content (AvgIpc) is 2.98. The lowest BCUT2D eigenvalue weighted by molar-refractivity contribution is -0.0564. The standard InChI is InChI=1S/C31H43ClN4O4/c1-2-22-7-3-8-24(19-22)28-26(10-4-11-27(28)32)31(40,14-6-15-34-29(37)38)25-9-5-16-36(21-25)30(39)35-17-12-23(20-33)13-18-35/h3-4,7-8,10-11,19,23,25,34,40H,2,5-6,9,12-18,20-21,33H2,1H3,(H,37,38). The van der Waals surface area contributed by atoms with E-state index in [1.54, 1.807) is 0 Å². The van der Waals surface area contributed by atoms with Crippen molar-refractivity contribution < 1.29 is 19.8 Å². The molecule has 2 aliphatic heterocycles. The van der Waals surface area contributed by atoms with E-state index < -0.39 is 11.7 Å². The van der Waals surface area contributed by atoms with Crippen molar-refractivity contribution >= 4 is 23.7 Å². The number of rotatable bonds is 9. The van der Waals surface area contributed by atoms with Crippen molar-refractivity contribution in [3.05, 3.63) is 58.6 Å². The molecular weight excluding hydrogens is 528 g/mol. The molecule has 2 atom stereocenters. The quantitative estimate of drug-likeness (QED) is 0.305. The summed E-state index contributed by atoms with van der Waals surface area (Å²) in [7, 11) is 0. The third-order valence-electron chi connectivity index (χ3n) is 8.70. The van der Waals surface area contributed by atoms with Crippen LogP contribution in [0.25, 0.3) is 11.1 Å². The van der Waals surface area contributed by atoms with Gasteiger partial charge in [-0.25, -0.2) is 9.59 Å². The molecule has 2 aliphatic rings. The summed E-state index contributed by atoms with van der Waals surface area (Å²) < 4.78 is 0. The lowest BCUT2D eigenvalue weighted by Gasteiger charge is -2.45. The van der Waals surface area contributed by atoms with E-state index in [0.29, 0.717) is 56.5 Å². The molecular formula is C31H43ClN4O4. The minimum Gasteiger partial charge on any atom is -0.465 e. The van der Waals surface area contributed by atoms with Gasteiger partial charge in [0.1, 0.15) is 0 Å². The molecule has 2 aromatic carbocycles. The number of hydrogen-bond acceptors (Lipinski definition) is 4. The van der Waals surface area contributed by atoms with E-state index >= 15 is 0 Å². The topological polar surface area (TPSA) is 119 Å². The van der Waals surface area contributed by atoms with Crippen molar-refractivity contribution in [2.75, 3.05) is 39.3 Å². The smallest absolute Gasteiger partial charge is 0.404 e. The van der Waals surface area contributed by atoms with Crippen LogP contribution in [-0.4, -0.2) is 71.4 Å². The van der Waals surface area contributed by atoms with E-state index in [1.807, 2.05) is 40.1 Å². The number of benzene rings is 2. The summed E-state index contributed by atoms with van der Waals surface area (Å²) in [5.41, 5.74) is 8.17. The zero-order chi connectivity index (χ0) is 28.7. The lowest BCUT2D eigenvalue weighted by Crippen LogP contribution is -2.53. The molecule has 9 heteroatoms. The number of hydrogen-bond donors (Lipinski definition) is 4. The molecule has 2 saturated heterocycles. The zero-order valence-electron chi connectivity index (χ0n) is 23.4. The largest absolute Gasteiger partial charge is 0.465 e. The van der Waals surface area contributed by atoms with Gasteiger partial charge in [-0.1, -0.05) is 54.9 Å². The molecule has 0 saturated carbocycles. The van der Waals surface area contributed by atoms with Crippen LogP contribution in [0.4, 0.5) is 9.59 Å². The van der Waals surface area contributed by atoms with Crippen LogP contribution in [0.15, 0.2) is 42.5 Å². The minimum atomic E-state index is -1.31. The summed E-state index contributed by atoms with van der Waals surface area (Å²) in [5.74, 6) is 0.235. The highest BCUT2D eigenvalue weighted by Gasteiger charge is 2.43. The van der Waals surface area contributed by atoms with E-state index in [2.05, 4.69) is 24.4 Å². The summed E-state index contributed by atoms with van der Waals surface area (Å²) in [6.07, 6.45) is 3.95. The van der Waals surface area contributed by atoms with Crippen LogP contribution >= 0.6 is 11.6 Å². The molecule has 40 heavy (non-hydrogen) atoms. The fourth-order valence-corrected chi connectivity index (χ4v) is 6.62. The minimum absolute atomic E-state index is 0.0250. The number of amides is 3. The Bertz CT molecular complexity index is 1170. The van der Waals surface area contributed by atoms with Crippen molar-refractivity contribution in [3.63, 3.8) is 0 Å². The highest BCUT2D eigenvalue weighted by atomic mass is 35.5. The van der Waals surface area contributed by atoms with Gasteiger partial charge in [0.15, 0.2) is 0 Å². The normalized spacial score (nSPS) is 19.8. The maximum atomic E-state index is 13.5. The number of aliphatic hydroxyl groups is 1. The van der Waals surface area contributed by atoms with E-state index in [-0.39, 0.29) is 18.5 Å². The van der Waals surface area contributed by atoms with Gasteiger partial charge in [0, 0.05) is 49.2 Å². The number of carbonyl (C=O) groups is 2. The molecule has 5 N–H and O–H groups in total. The van der Waals surface area contributed by atoms with Crippen LogP contribution in [-0.2, 0) is 12.0 Å². The van der Waals surface area contributed by atoms with Crippen molar-refractivity contribution in [2.24, 2.45) is 17.6 Å². The summed E-state index contributed by atoms with van der Waals surface area (Å²) in [5, 5.41) is 24.7. The summed E-state index contributed by atoms with van der Waals surface area (Å²) in [6, 6.07) is 13.9. The Morgan fingerprint density at radius 2 is 1.85 bits per heavy atom. The van der Waals surface area contributed by atoms with Crippen LogP contribution in [0.2, 0.25) is 5.02 Å². The van der Waals surface area contributed by atoms with E-state index in [0.717, 1.165) is 48.8 Å². The SMILES string of the molecule is CCc1cccc(-c2c(Cl)cccc2C(O)(CCCNC(=O)O)C2CCCN(C(=O)N3CCC(CN)CC3)C2)c1. The number of carbonyl (C=O) groups excluding carboxylic acids is 1. The second-order valence-electron chi connectivity index (χ2n) is 11.2. The Morgan fingerprint density at radius 1 is 1.10 bits per heavy atom. The van der Waals surface area contributed by atoms with Gasteiger partial charge in [-0.05, 0) is 80.2 Å². The van der Waals surface area contributed by atoms with Crippen molar-refractivity contribution in [1.82, 2.24) is 15.1 Å². The van der Waals surface area contributed by atoms with Crippen LogP contribution in [0, 0.1) is 11.8 Å². The molecule has 0 aliphatic carbocycles. The van der Waals surface area contributed by atoms with Crippen LogP contribution < -0.4 is 11.1 Å². The van der Waals surface area contributed by atoms with Crippen molar-refractivity contribution in [2.45, 2.75) is 57.5 Å². The van der Waals surface area contributed by atoms with Gasteiger partial charge < -0.3 is 31.1 Å². The molecule has 0 spiro atoms. The number of piperidine rings is 2. The number of carboxylic acid groups (broad SMARTS) is 1. The molecule has 3 amide bonds. The monoisotopic (exact) mass is 570 g/mol. The second-order valence-corrected chi connectivity index (χ2v) is 11.6. The van der Waals surface area contributed by atoms with E-state index in [1.165, 1.54) is 5.56 Å². The average molecular weight is 571 g/mol. The Balaban J connectivity index is 1.66. The first-order valence-corrected chi connectivity index (χ1v) is 15.0. The Morgan fingerprint density at radius 3 is 2.55 bits per heavy atom. The van der Waals surface area contributed by atoms with Crippen LogP contribution in [0.1, 0.15) is 56.6 Å². The van der Waals surface area contributed by atoms with Crippen LogP contribution in [0.5, 0.6) is 0 Å². The summed E-state index contributed by atoms with van der Waals surface area (Å²) >= 11 is 6.83. The van der Waals surface area contributed by atoms with Gasteiger partial charge >= 0.3 is 12.1 Å². The fourth-order valence-electron chi connectivity index (χ4n) is 6.34. The Labute approximate surface area is 242 Å². The number of nitrogens with one attached hydrogen (secondary N) is 1. The molecule has 2 aromatic rings. The number of halogens is 1. The third-order valence-corrected chi connectivity index (χ3v) is 9.02. The maximum Gasteiger partial charge on any atom is 0.404 e. The first-order chi connectivity index (χ1) is 19.3. The summed E-state index contributed by atoms with van der Waals surface area (Å²) in [6.45, 7) is 5.48. The Kier molecular flexibility index (Phi) is 10.3. The van der Waals surface area contributed by atoms with Gasteiger partial charge in [-0.15, -0.1) is 0 Å². The highest BCUT2D eigenvalue weighted by molar-refractivity contribution is 6.33. The van der Waals surface area contributed by atoms with Crippen molar-refractivity contribution in [1.29, 1.82) is 0 Å². The van der Waals surface area contributed by atoms with E-state index in [9.17, 15) is 14.7 Å². The fraction of sp³-hybridized carbons (Fsp3) is 0.548. The molecule has 2 fully saturated rings. The molecule has 218 valence electrons. The van der Waals surface area contributed by atoms with E-state index in [4.69, 9.17) is 22.4 Å². The van der Waals surface area contributed by atoms with Crippen LogP contribution in [0.3, 0.4) is 0 Å². The van der Waals surface area contributed by atoms with Gasteiger partial charge in [0.25, 0.3) is 0 Å². The molecule has 4 rings (SSSR count).